The minimum absolute atomic E-state index is 0.518. The molecule has 0 bridgehead atoms. The lowest BCUT2D eigenvalue weighted by Crippen LogP contribution is -2.64. The molecule has 0 aromatic heterocycles. The Morgan fingerprint density at radius 2 is 1.68 bits per heavy atom. The second-order valence-electron chi connectivity index (χ2n) is 7.85. The lowest BCUT2D eigenvalue weighted by atomic mass is 9.90. The summed E-state index contributed by atoms with van der Waals surface area (Å²) in [5.41, 5.74) is 0.518. The largest absolute Gasteiger partial charge is 0.308 e. The van der Waals surface area contributed by atoms with Crippen LogP contribution < -0.4 is 5.32 Å². The van der Waals surface area contributed by atoms with Crippen molar-refractivity contribution in [2.24, 2.45) is 11.8 Å². The molecule has 2 nitrogen and oxygen atoms in total. The Hall–Kier alpha value is -0.0800. The number of hydrogen-bond donors (Lipinski definition) is 1. The number of hydrogen-bond acceptors (Lipinski definition) is 2. The molecule has 3 saturated carbocycles. The van der Waals surface area contributed by atoms with Gasteiger partial charge in [0, 0.05) is 31.2 Å². The highest BCUT2D eigenvalue weighted by molar-refractivity contribution is 5.04. The normalized spacial score (nSPS) is 36.3. The third kappa shape index (κ3) is 2.58. The van der Waals surface area contributed by atoms with Gasteiger partial charge in [0.2, 0.25) is 0 Å². The maximum atomic E-state index is 3.98. The molecule has 0 radical (unpaired) electrons. The summed E-state index contributed by atoms with van der Waals surface area (Å²) in [7, 11) is 0. The van der Waals surface area contributed by atoms with E-state index in [1.165, 1.54) is 83.8 Å². The lowest BCUT2D eigenvalue weighted by molar-refractivity contribution is 0.0562. The minimum atomic E-state index is 0.518. The Kier molecular flexibility index (Phi) is 3.35. The van der Waals surface area contributed by atoms with E-state index in [4.69, 9.17) is 0 Å². The minimum Gasteiger partial charge on any atom is -0.308 e. The molecule has 4 aliphatic rings. The maximum Gasteiger partial charge on any atom is 0.0309 e. The number of rotatable bonds is 3. The third-order valence-corrected chi connectivity index (χ3v) is 6.36. The van der Waals surface area contributed by atoms with E-state index in [9.17, 15) is 0 Å². The van der Waals surface area contributed by atoms with Gasteiger partial charge in [-0.25, -0.2) is 0 Å². The maximum absolute atomic E-state index is 3.98. The van der Waals surface area contributed by atoms with Gasteiger partial charge >= 0.3 is 0 Å². The third-order valence-electron chi connectivity index (χ3n) is 6.36. The highest BCUT2D eigenvalue weighted by Gasteiger charge is 2.45. The summed E-state index contributed by atoms with van der Waals surface area (Å²) in [5, 5.41) is 3.98. The molecule has 1 heterocycles. The molecule has 1 unspecified atom stereocenters. The van der Waals surface area contributed by atoms with Crippen LogP contribution in [0.25, 0.3) is 0 Å². The van der Waals surface area contributed by atoms with Gasteiger partial charge in [0.15, 0.2) is 0 Å². The first-order chi connectivity index (χ1) is 9.35. The van der Waals surface area contributed by atoms with Crippen LogP contribution in [-0.2, 0) is 0 Å². The van der Waals surface area contributed by atoms with Crippen LogP contribution in [0.1, 0.15) is 64.2 Å². The highest BCUT2D eigenvalue weighted by atomic mass is 15.3. The molecule has 0 aromatic carbocycles. The Morgan fingerprint density at radius 3 is 2.37 bits per heavy atom. The Labute approximate surface area is 118 Å². The first-order valence-corrected chi connectivity index (χ1v) is 8.84. The van der Waals surface area contributed by atoms with Crippen LogP contribution >= 0.6 is 0 Å². The van der Waals surface area contributed by atoms with E-state index in [2.05, 4.69) is 10.2 Å². The van der Waals surface area contributed by atoms with Gasteiger partial charge in [-0.05, 0) is 50.4 Å². The molecule has 1 saturated heterocycles. The standard InChI is InChI=1S/C17H30N2/c1-2-6-14(5-1)12-19-13-17(9-3-4-10-17)18-11-16(19)15-7-8-15/h14-16,18H,1-13H2. The molecule has 0 amide bonds. The van der Waals surface area contributed by atoms with Crippen LogP contribution in [0.15, 0.2) is 0 Å². The molecule has 19 heavy (non-hydrogen) atoms. The van der Waals surface area contributed by atoms with Crippen LogP contribution in [0.4, 0.5) is 0 Å². The predicted molar refractivity (Wildman–Crippen MR) is 79.2 cm³/mol. The summed E-state index contributed by atoms with van der Waals surface area (Å²) in [6, 6.07) is 0.881. The fraction of sp³-hybridized carbons (Fsp3) is 1.00. The summed E-state index contributed by atoms with van der Waals surface area (Å²) < 4.78 is 0. The van der Waals surface area contributed by atoms with Crippen LogP contribution in [0.3, 0.4) is 0 Å². The summed E-state index contributed by atoms with van der Waals surface area (Å²) in [6.45, 7) is 4.08. The number of nitrogens with one attached hydrogen (secondary N) is 1. The molecule has 1 N–H and O–H groups in total. The second-order valence-corrected chi connectivity index (χ2v) is 7.85. The molecule has 1 aliphatic heterocycles. The molecule has 2 heteroatoms. The van der Waals surface area contributed by atoms with Gasteiger partial charge in [-0.3, -0.25) is 4.90 Å². The van der Waals surface area contributed by atoms with Crippen molar-refractivity contribution in [1.82, 2.24) is 10.2 Å². The molecular formula is C17H30N2. The Morgan fingerprint density at radius 1 is 0.947 bits per heavy atom. The van der Waals surface area contributed by atoms with Gasteiger partial charge in [0.25, 0.3) is 0 Å². The van der Waals surface area contributed by atoms with Gasteiger partial charge < -0.3 is 5.32 Å². The van der Waals surface area contributed by atoms with Crippen LogP contribution in [0.5, 0.6) is 0 Å². The zero-order valence-corrected chi connectivity index (χ0v) is 12.4. The van der Waals surface area contributed by atoms with Crippen molar-refractivity contribution in [3.05, 3.63) is 0 Å². The first-order valence-electron chi connectivity index (χ1n) is 8.84. The summed E-state index contributed by atoms with van der Waals surface area (Å²) in [6.07, 6.45) is 14.8. The predicted octanol–water partition coefficient (Wildman–Crippen LogP) is 3.17. The fourth-order valence-electron chi connectivity index (χ4n) is 5.07. The van der Waals surface area contributed by atoms with Crippen molar-refractivity contribution in [2.45, 2.75) is 75.8 Å². The topological polar surface area (TPSA) is 15.3 Å². The van der Waals surface area contributed by atoms with Crippen molar-refractivity contribution >= 4 is 0 Å². The van der Waals surface area contributed by atoms with Gasteiger partial charge in [0.1, 0.15) is 0 Å². The highest BCUT2D eigenvalue weighted by Crippen LogP contribution is 2.41. The van der Waals surface area contributed by atoms with Crippen LogP contribution in [-0.4, -0.2) is 36.1 Å². The van der Waals surface area contributed by atoms with E-state index in [1.807, 2.05) is 0 Å². The smallest absolute Gasteiger partial charge is 0.0309 e. The zero-order chi connectivity index (χ0) is 12.7. The van der Waals surface area contributed by atoms with Crippen molar-refractivity contribution in [1.29, 1.82) is 0 Å². The molecule has 4 rings (SSSR count). The molecule has 3 aliphatic carbocycles. The van der Waals surface area contributed by atoms with E-state index in [1.54, 1.807) is 0 Å². The van der Waals surface area contributed by atoms with Gasteiger partial charge in [-0.2, -0.15) is 0 Å². The lowest BCUT2D eigenvalue weighted by Gasteiger charge is -2.47. The van der Waals surface area contributed by atoms with Gasteiger partial charge in [-0.1, -0.05) is 25.7 Å². The van der Waals surface area contributed by atoms with Crippen LogP contribution in [0.2, 0.25) is 0 Å². The second kappa shape index (κ2) is 5.04. The number of piperazine rings is 1. The molecule has 108 valence electrons. The molecular weight excluding hydrogens is 232 g/mol. The average molecular weight is 262 g/mol. The van der Waals surface area contributed by atoms with Crippen LogP contribution in [0, 0.1) is 11.8 Å². The molecule has 1 atom stereocenters. The van der Waals surface area contributed by atoms with E-state index in [0.717, 1.165) is 17.9 Å². The van der Waals surface area contributed by atoms with E-state index in [-0.39, 0.29) is 0 Å². The van der Waals surface area contributed by atoms with E-state index >= 15 is 0 Å². The Bertz CT molecular complexity index is 311. The fourth-order valence-corrected chi connectivity index (χ4v) is 5.07. The van der Waals surface area contributed by atoms with Crippen molar-refractivity contribution < 1.29 is 0 Å². The van der Waals surface area contributed by atoms with Gasteiger partial charge in [0.05, 0.1) is 0 Å². The molecule has 4 fully saturated rings. The zero-order valence-electron chi connectivity index (χ0n) is 12.4. The SMILES string of the molecule is C1CCC(CN2CC3(CCCC3)NCC2C2CC2)C1. The molecule has 1 spiro atoms. The van der Waals surface area contributed by atoms with Crippen molar-refractivity contribution in [2.75, 3.05) is 19.6 Å². The van der Waals surface area contributed by atoms with E-state index < -0.39 is 0 Å². The van der Waals surface area contributed by atoms with Crippen molar-refractivity contribution in [3.8, 4) is 0 Å². The summed E-state index contributed by atoms with van der Waals surface area (Å²) >= 11 is 0. The molecule has 0 aromatic rings. The average Bonchev–Trinajstić information content (AvgIpc) is 2.94. The van der Waals surface area contributed by atoms with Crippen molar-refractivity contribution in [3.63, 3.8) is 0 Å². The van der Waals surface area contributed by atoms with Gasteiger partial charge in [-0.15, -0.1) is 0 Å². The first kappa shape index (κ1) is 12.6. The Balaban J connectivity index is 1.45. The summed E-state index contributed by atoms with van der Waals surface area (Å²) in [5.74, 6) is 2.06. The van der Waals surface area contributed by atoms with E-state index in [0.29, 0.717) is 5.54 Å². The monoisotopic (exact) mass is 262 g/mol. The summed E-state index contributed by atoms with van der Waals surface area (Å²) in [4.78, 5) is 2.94. The number of nitrogens with zero attached hydrogens (tertiary/aromatic N) is 1. The quantitative estimate of drug-likeness (QED) is 0.840.